The van der Waals surface area contributed by atoms with Crippen molar-refractivity contribution in [2.24, 2.45) is 5.73 Å². The van der Waals surface area contributed by atoms with Crippen molar-refractivity contribution in [3.05, 3.63) is 18.7 Å². The van der Waals surface area contributed by atoms with Gasteiger partial charge < -0.3 is 0 Å². The van der Waals surface area contributed by atoms with Crippen molar-refractivity contribution < 1.29 is 4.57 Å². The summed E-state index contributed by atoms with van der Waals surface area (Å²) in [4.78, 5) is 0. The second kappa shape index (κ2) is 11.4. The van der Waals surface area contributed by atoms with Gasteiger partial charge in [0.1, 0.15) is 19.1 Å². The summed E-state index contributed by atoms with van der Waals surface area (Å²) < 4.78 is 4.23. The van der Waals surface area contributed by atoms with Crippen LogP contribution in [0.1, 0.15) is 57.8 Å². The van der Waals surface area contributed by atoms with Crippen molar-refractivity contribution in [3.63, 3.8) is 0 Å². The van der Waals surface area contributed by atoms with Gasteiger partial charge in [-0.05, 0) is 25.0 Å². The average molecular weight is 284 g/mol. The van der Waals surface area contributed by atoms with Crippen LogP contribution in [-0.4, -0.2) is 10.3 Å². The quantitative estimate of drug-likeness (QED) is 0.345. The number of hydrogen-bond donors (Lipinski definition) is 2. The van der Waals surface area contributed by atoms with E-state index in [0.717, 1.165) is 12.3 Å². The summed E-state index contributed by atoms with van der Waals surface area (Å²) in [5, 5.41) is 0. The van der Waals surface area contributed by atoms with Crippen LogP contribution in [0, 0.1) is 0 Å². The molecule has 1 aromatic heterocycles. The number of unbranched alkanes of at least 4 members (excludes halogenated alkanes) is 8. The molecule has 0 spiro atoms. The molecule has 0 aliphatic rings. The zero-order chi connectivity index (χ0) is 13.8. The van der Waals surface area contributed by atoms with Crippen molar-refractivity contribution in [3.8, 4) is 0 Å². The van der Waals surface area contributed by atoms with Crippen LogP contribution in [0.5, 0.6) is 0 Å². The van der Waals surface area contributed by atoms with Crippen molar-refractivity contribution in [1.82, 2.24) is 4.57 Å². The average Bonchev–Trinajstić information content (AvgIpc) is 2.89. The highest BCUT2D eigenvalue weighted by Gasteiger charge is 2.01. The van der Waals surface area contributed by atoms with Crippen molar-refractivity contribution >= 4 is 12.6 Å². The summed E-state index contributed by atoms with van der Waals surface area (Å²) in [5.74, 6) is 1.05. The van der Waals surface area contributed by atoms with E-state index in [0.29, 0.717) is 6.67 Å². The molecule has 0 fully saturated rings. The van der Waals surface area contributed by atoms with Gasteiger partial charge in [0.05, 0.1) is 6.54 Å². The fourth-order valence-electron chi connectivity index (χ4n) is 2.32. The van der Waals surface area contributed by atoms with Crippen LogP contribution in [0.3, 0.4) is 0 Å². The maximum atomic E-state index is 5.56. The highest BCUT2D eigenvalue weighted by atomic mass is 32.1. The number of hydrogen-bond acceptors (Lipinski definition) is 2. The predicted molar refractivity (Wildman–Crippen MR) is 84.2 cm³/mol. The summed E-state index contributed by atoms with van der Waals surface area (Å²) in [6.45, 7) is 1.69. The highest BCUT2D eigenvalue weighted by Crippen LogP contribution is 2.10. The Morgan fingerprint density at radius 3 is 2.00 bits per heavy atom. The third-order valence-corrected chi connectivity index (χ3v) is 3.85. The number of imidazole rings is 1. The largest absolute Gasteiger partial charge is 0.295 e. The van der Waals surface area contributed by atoms with Crippen LogP contribution in [0.2, 0.25) is 0 Å². The molecule has 3 nitrogen and oxygen atoms in total. The summed E-state index contributed by atoms with van der Waals surface area (Å²) in [6.07, 6.45) is 18.5. The number of rotatable bonds is 12. The Morgan fingerprint density at radius 2 is 1.47 bits per heavy atom. The molecule has 0 amide bonds. The molecule has 2 N–H and O–H groups in total. The Bertz CT molecular complexity index is 312. The molecule has 4 heteroatoms. The molecule has 0 bridgehead atoms. The molecule has 0 aromatic carbocycles. The van der Waals surface area contributed by atoms with Crippen molar-refractivity contribution in [1.29, 1.82) is 0 Å². The van der Waals surface area contributed by atoms with E-state index >= 15 is 0 Å². The van der Waals surface area contributed by atoms with E-state index in [-0.39, 0.29) is 0 Å². The maximum absolute atomic E-state index is 5.56. The molecule has 0 atom stereocenters. The zero-order valence-electron chi connectivity index (χ0n) is 12.1. The predicted octanol–water partition coefficient (Wildman–Crippen LogP) is 3.13. The summed E-state index contributed by atoms with van der Waals surface area (Å²) in [7, 11) is 0. The first kappa shape index (κ1) is 16.6. The summed E-state index contributed by atoms with van der Waals surface area (Å²) in [5.41, 5.74) is 5.56. The van der Waals surface area contributed by atoms with E-state index in [1.165, 1.54) is 57.8 Å². The molecule has 0 radical (unpaired) electrons. The number of nitrogens with zero attached hydrogens (tertiary/aromatic N) is 2. The lowest BCUT2D eigenvalue weighted by Gasteiger charge is -2.01. The molecule has 110 valence electrons. The van der Waals surface area contributed by atoms with E-state index in [1.807, 2.05) is 10.8 Å². The Balaban J connectivity index is 1.86. The van der Waals surface area contributed by atoms with Crippen molar-refractivity contribution in [2.75, 3.05) is 5.75 Å². The number of aromatic nitrogens is 2. The molecule has 0 saturated carbocycles. The minimum absolute atomic E-state index is 0.570. The minimum Gasteiger partial charge on any atom is -0.295 e. The topological polar surface area (TPSA) is 34.8 Å². The van der Waals surface area contributed by atoms with E-state index in [4.69, 9.17) is 5.73 Å². The van der Waals surface area contributed by atoms with Gasteiger partial charge in [0.15, 0.2) is 0 Å². The summed E-state index contributed by atoms with van der Waals surface area (Å²) in [6, 6.07) is 0. The second-order valence-corrected chi connectivity index (χ2v) is 5.70. The Hall–Kier alpha value is -0.480. The van der Waals surface area contributed by atoms with Crippen LogP contribution >= 0.6 is 12.6 Å². The molecule has 0 aliphatic carbocycles. The van der Waals surface area contributed by atoms with E-state index in [9.17, 15) is 0 Å². The van der Waals surface area contributed by atoms with Gasteiger partial charge in [-0.2, -0.15) is 12.6 Å². The van der Waals surface area contributed by atoms with Crippen LogP contribution in [-0.2, 0) is 13.2 Å². The summed E-state index contributed by atoms with van der Waals surface area (Å²) >= 11 is 4.23. The van der Waals surface area contributed by atoms with Crippen LogP contribution in [0.15, 0.2) is 18.7 Å². The molecule has 0 saturated heterocycles. The SMILES string of the molecule is NC[n+]1ccn(CCCCCCCCCCCS)c1. The lowest BCUT2D eigenvalue weighted by Crippen LogP contribution is -2.35. The Morgan fingerprint density at radius 1 is 0.895 bits per heavy atom. The van der Waals surface area contributed by atoms with Gasteiger partial charge in [-0.3, -0.25) is 5.73 Å². The first-order valence-corrected chi connectivity index (χ1v) is 8.36. The van der Waals surface area contributed by atoms with Gasteiger partial charge in [-0.1, -0.05) is 38.5 Å². The van der Waals surface area contributed by atoms with E-state index < -0.39 is 0 Å². The molecular weight excluding hydrogens is 254 g/mol. The zero-order valence-corrected chi connectivity index (χ0v) is 13.0. The van der Waals surface area contributed by atoms with Crippen molar-refractivity contribution in [2.45, 2.75) is 71.0 Å². The molecule has 1 aromatic rings. The van der Waals surface area contributed by atoms with Gasteiger partial charge in [0.2, 0.25) is 6.33 Å². The first-order chi connectivity index (χ1) is 9.36. The Kier molecular flexibility index (Phi) is 9.91. The van der Waals surface area contributed by atoms with Crippen LogP contribution in [0.25, 0.3) is 0 Å². The van der Waals surface area contributed by atoms with E-state index in [1.54, 1.807) is 0 Å². The molecular formula is C15H30N3S+. The molecule has 0 aliphatic heterocycles. The molecule has 1 heterocycles. The van der Waals surface area contributed by atoms with Crippen LogP contribution in [0.4, 0.5) is 0 Å². The molecule has 0 unspecified atom stereocenters. The smallest absolute Gasteiger partial charge is 0.244 e. The standard InChI is InChI=1S/C15H29N3S/c16-14-18-12-11-17(15-18)10-8-6-4-2-1-3-5-7-9-13-19/h11-12,15H,1-10,13-14,16H2/p+1. The maximum Gasteiger partial charge on any atom is 0.244 e. The van der Waals surface area contributed by atoms with Gasteiger partial charge in [0, 0.05) is 0 Å². The lowest BCUT2D eigenvalue weighted by atomic mass is 10.1. The van der Waals surface area contributed by atoms with Gasteiger partial charge in [0.25, 0.3) is 0 Å². The fourth-order valence-corrected chi connectivity index (χ4v) is 2.55. The highest BCUT2D eigenvalue weighted by molar-refractivity contribution is 7.80. The third-order valence-electron chi connectivity index (χ3n) is 3.53. The molecule has 19 heavy (non-hydrogen) atoms. The van der Waals surface area contributed by atoms with Crippen LogP contribution < -0.4 is 10.3 Å². The first-order valence-electron chi connectivity index (χ1n) is 7.72. The van der Waals surface area contributed by atoms with Gasteiger partial charge in [-0.15, -0.1) is 0 Å². The third kappa shape index (κ3) is 8.32. The normalized spacial score (nSPS) is 11.1. The number of thiol groups is 1. The monoisotopic (exact) mass is 284 g/mol. The lowest BCUT2D eigenvalue weighted by molar-refractivity contribution is -0.695. The number of nitrogens with two attached hydrogens (primary N) is 1. The Labute approximate surface area is 123 Å². The van der Waals surface area contributed by atoms with Gasteiger partial charge >= 0.3 is 0 Å². The van der Waals surface area contributed by atoms with E-state index in [2.05, 4.69) is 29.7 Å². The number of aryl methyl sites for hydroxylation is 1. The molecule has 1 rings (SSSR count). The minimum atomic E-state index is 0.570. The second-order valence-electron chi connectivity index (χ2n) is 5.25. The van der Waals surface area contributed by atoms with Gasteiger partial charge in [-0.25, -0.2) is 9.13 Å². The fraction of sp³-hybridized carbons (Fsp3) is 0.800.